The lowest BCUT2D eigenvalue weighted by molar-refractivity contribution is -0.144. The Morgan fingerprint density at radius 1 is 1.07 bits per heavy atom. The average Bonchev–Trinajstić information content (AvgIpc) is 2.64. The predicted octanol–water partition coefficient (Wildman–Crippen LogP) is 6.81. The molecule has 9 heteroatoms. The number of halogens is 5. The maximum Gasteiger partial charge on any atom is 0.416 e. The molecule has 0 amide bonds. The number of hydrogen-bond acceptors (Lipinski definition) is 3. The van der Waals surface area contributed by atoms with Crippen LogP contribution in [0.25, 0.3) is 10.8 Å². The SMILES string of the molecule is C[C@@H](Oc1cccc2ccc(Oc3c(Cl)cc(C(F)(F)F)cc3Cl)cc12)C(=O)O. The number of alkyl halides is 3. The molecular weight excluding hydrogens is 432 g/mol. The van der Waals surface area contributed by atoms with Crippen LogP contribution < -0.4 is 9.47 Å². The summed E-state index contributed by atoms with van der Waals surface area (Å²) in [5, 5.41) is 9.75. The lowest BCUT2D eigenvalue weighted by atomic mass is 10.1. The molecule has 3 aromatic rings. The lowest BCUT2D eigenvalue weighted by Crippen LogP contribution is -2.22. The first kappa shape index (κ1) is 21.1. The summed E-state index contributed by atoms with van der Waals surface area (Å²) < 4.78 is 49.7. The van der Waals surface area contributed by atoms with E-state index < -0.39 is 23.8 Å². The average molecular weight is 445 g/mol. The molecule has 0 saturated carbocycles. The van der Waals surface area contributed by atoms with Crippen molar-refractivity contribution >= 4 is 39.9 Å². The van der Waals surface area contributed by atoms with Gasteiger partial charge in [-0.2, -0.15) is 13.2 Å². The monoisotopic (exact) mass is 444 g/mol. The normalized spacial score (nSPS) is 12.6. The minimum absolute atomic E-state index is 0.127. The molecule has 0 spiro atoms. The van der Waals surface area contributed by atoms with Crippen LogP contribution in [0.3, 0.4) is 0 Å². The molecule has 0 saturated heterocycles. The Morgan fingerprint density at radius 3 is 2.31 bits per heavy atom. The van der Waals surface area contributed by atoms with Gasteiger partial charge in [-0.05, 0) is 42.6 Å². The molecular formula is C20H13Cl2F3O4. The molecule has 152 valence electrons. The first-order valence-corrected chi connectivity index (χ1v) is 8.98. The van der Waals surface area contributed by atoms with Gasteiger partial charge >= 0.3 is 12.1 Å². The van der Waals surface area contributed by atoms with Gasteiger partial charge in [0.2, 0.25) is 0 Å². The number of aliphatic carboxylic acids is 1. The maximum absolute atomic E-state index is 12.9. The molecule has 1 atom stereocenters. The lowest BCUT2D eigenvalue weighted by Gasteiger charge is -2.15. The molecule has 0 radical (unpaired) electrons. The summed E-state index contributed by atoms with van der Waals surface area (Å²) in [7, 11) is 0. The molecule has 0 aromatic heterocycles. The Kier molecular flexibility index (Phi) is 5.82. The summed E-state index contributed by atoms with van der Waals surface area (Å²) in [5.41, 5.74) is -0.989. The van der Waals surface area contributed by atoms with Gasteiger partial charge < -0.3 is 14.6 Å². The summed E-state index contributed by atoms with van der Waals surface area (Å²) in [4.78, 5) is 11.1. The van der Waals surface area contributed by atoms with Crippen molar-refractivity contribution in [3.63, 3.8) is 0 Å². The van der Waals surface area contributed by atoms with Crippen molar-refractivity contribution < 1.29 is 32.5 Å². The first-order valence-electron chi connectivity index (χ1n) is 8.22. The van der Waals surface area contributed by atoms with Crippen LogP contribution >= 0.6 is 23.2 Å². The summed E-state index contributed by atoms with van der Waals surface area (Å²) in [6.45, 7) is 1.39. The van der Waals surface area contributed by atoms with Gasteiger partial charge in [-0.25, -0.2) is 4.79 Å². The fourth-order valence-electron chi connectivity index (χ4n) is 2.57. The number of carbonyl (C=O) groups is 1. The molecule has 0 heterocycles. The largest absolute Gasteiger partial charge is 0.479 e. The van der Waals surface area contributed by atoms with Gasteiger partial charge in [-0.15, -0.1) is 0 Å². The molecule has 0 aliphatic heterocycles. The molecule has 0 bridgehead atoms. The van der Waals surface area contributed by atoms with Gasteiger partial charge in [0.05, 0.1) is 15.6 Å². The standard InChI is InChI=1S/C20H13Cl2F3O4/c1-10(19(26)27)28-17-4-2-3-11-5-6-13(9-14(11)17)29-18-15(21)7-12(8-16(18)22)20(23,24)25/h2-10H,1H3,(H,26,27)/t10-/m1/s1. The van der Waals surface area contributed by atoms with Crippen molar-refractivity contribution in [1.29, 1.82) is 0 Å². The van der Waals surface area contributed by atoms with Crippen LogP contribution in [0.5, 0.6) is 17.2 Å². The highest BCUT2D eigenvalue weighted by Crippen LogP contribution is 2.42. The Labute approximate surface area is 173 Å². The summed E-state index contributed by atoms with van der Waals surface area (Å²) in [5.74, 6) is -0.705. The smallest absolute Gasteiger partial charge is 0.416 e. The van der Waals surface area contributed by atoms with Crippen molar-refractivity contribution in [2.75, 3.05) is 0 Å². The quantitative estimate of drug-likeness (QED) is 0.469. The Balaban J connectivity index is 1.98. The van der Waals surface area contributed by atoms with E-state index in [1.165, 1.54) is 6.92 Å². The maximum atomic E-state index is 12.9. The van der Waals surface area contributed by atoms with E-state index in [0.717, 1.165) is 17.5 Å². The molecule has 0 aliphatic carbocycles. The van der Waals surface area contributed by atoms with E-state index in [2.05, 4.69) is 0 Å². The molecule has 0 fully saturated rings. The van der Waals surface area contributed by atoms with Crippen LogP contribution in [0.4, 0.5) is 13.2 Å². The third-order valence-corrected chi connectivity index (χ3v) is 4.57. The van der Waals surface area contributed by atoms with Crippen molar-refractivity contribution in [3.8, 4) is 17.2 Å². The third-order valence-electron chi connectivity index (χ3n) is 4.01. The summed E-state index contributed by atoms with van der Waals surface area (Å²) >= 11 is 11.9. The number of carboxylic acid groups (broad SMARTS) is 1. The zero-order chi connectivity index (χ0) is 21.3. The van der Waals surface area contributed by atoms with Crippen LogP contribution in [-0.2, 0) is 11.0 Å². The first-order chi connectivity index (χ1) is 13.6. The number of rotatable bonds is 5. The third kappa shape index (κ3) is 4.68. The number of benzene rings is 3. The van der Waals surface area contributed by atoms with Crippen molar-refractivity contribution in [2.45, 2.75) is 19.2 Å². The minimum atomic E-state index is -4.60. The minimum Gasteiger partial charge on any atom is -0.479 e. The number of carboxylic acids is 1. The van der Waals surface area contributed by atoms with Gasteiger partial charge in [0.15, 0.2) is 11.9 Å². The van der Waals surface area contributed by atoms with Gasteiger partial charge in [0.25, 0.3) is 0 Å². The zero-order valence-electron chi connectivity index (χ0n) is 14.8. The number of ether oxygens (including phenoxy) is 2. The van der Waals surface area contributed by atoms with E-state index >= 15 is 0 Å². The topological polar surface area (TPSA) is 55.8 Å². The molecule has 1 N–H and O–H groups in total. The van der Waals surface area contributed by atoms with Crippen LogP contribution in [0.15, 0.2) is 48.5 Å². The van der Waals surface area contributed by atoms with Crippen LogP contribution in [0.1, 0.15) is 12.5 Å². The van der Waals surface area contributed by atoms with Crippen LogP contribution in [-0.4, -0.2) is 17.2 Å². The van der Waals surface area contributed by atoms with Gasteiger partial charge in [-0.3, -0.25) is 0 Å². The highest BCUT2D eigenvalue weighted by atomic mass is 35.5. The van der Waals surface area contributed by atoms with E-state index in [0.29, 0.717) is 11.1 Å². The number of hydrogen-bond donors (Lipinski definition) is 1. The molecule has 0 aliphatic rings. The van der Waals surface area contributed by atoms with Crippen molar-refractivity contribution in [3.05, 3.63) is 64.1 Å². The van der Waals surface area contributed by atoms with Crippen LogP contribution in [0, 0.1) is 0 Å². The predicted molar refractivity (Wildman–Crippen MR) is 103 cm³/mol. The molecule has 3 rings (SSSR count). The summed E-state index contributed by atoms with van der Waals surface area (Å²) in [6.07, 6.45) is -5.68. The fraction of sp³-hybridized carbons (Fsp3) is 0.150. The van der Waals surface area contributed by atoms with E-state index in [4.69, 9.17) is 37.8 Å². The molecule has 3 aromatic carbocycles. The second-order valence-electron chi connectivity index (χ2n) is 6.11. The van der Waals surface area contributed by atoms with Crippen molar-refractivity contribution in [2.24, 2.45) is 0 Å². The summed E-state index contributed by atoms with van der Waals surface area (Å²) in [6, 6.07) is 11.4. The Hall–Kier alpha value is -2.64. The van der Waals surface area contributed by atoms with Gasteiger partial charge in [0, 0.05) is 5.39 Å². The molecule has 4 nitrogen and oxygen atoms in total. The fourth-order valence-corrected chi connectivity index (χ4v) is 3.13. The second-order valence-corrected chi connectivity index (χ2v) is 6.92. The van der Waals surface area contributed by atoms with Crippen LogP contribution in [0.2, 0.25) is 10.0 Å². The van der Waals surface area contributed by atoms with Gasteiger partial charge in [-0.1, -0.05) is 41.4 Å². The van der Waals surface area contributed by atoms with E-state index in [1.54, 1.807) is 36.4 Å². The van der Waals surface area contributed by atoms with E-state index in [-0.39, 0.29) is 21.5 Å². The van der Waals surface area contributed by atoms with Gasteiger partial charge in [0.1, 0.15) is 11.5 Å². The highest BCUT2D eigenvalue weighted by Gasteiger charge is 2.32. The van der Waals surface area contributed by atoms with Crippen molar-refractivity contribution in [1.82, 2.24) is 0 Å². The Bertz CT molecular complexity index is 1060. The molecule has 29 heavy (non-hydrogen) atoms. The Morgan fingerprint density at radius 2 is 1.72 bits per heavy atom. The van der Waals surface area contributed by atoms with E-state index in [1.807, 2.05) is 0 Å². The molecule has 0 unspecified atom stereocenters. The number of fused-ring (bicyclic) bond motifs is 1. The zero-order valence-corrected chi connectivity index (χ0v) is 16.3. The second kappa shape index (κ2) is 8.00. The highest BCUT2D eigenvalue weighted by molar-refractivity contribution is 6.37. The van der Waals surface area contributed by atoms with E-state index in [9.17, 15) is 18.0 Å².